The fraction of sp³-hybridized carbons (Fsp3) is 0.176. The number of hydrogen-bond donors (Lipinski definition) is 3. The molecule has 1 aliphatic heterocycles. The lowest BCUT2D eigenvalue weighted by molar-refractivity contribution is -0.118. The van der Waals surface area contributed by atoms with Crippen LogP contribution in [0.4, 0.5) is 11.5 Å². The molecule has 3 rings (SSSR count). The molecule has 128 valence electrons. The maximum absolute atomic E-state index is 12.3. The van der Waals surface area contributed by atoms with Crippen molar-refractivity contribution >= 4 is 29.2 Å². The smallest absolute Gasteiger partial charge is 0.262 e. The number of anilines is 2. The van der Waals surface area contributed by atoms with E-state index < -0.39 is 17.4 Å². The average molecular weight is 340 g/mol. The molecule has 3 amide bonds. The Morgan fingerprint density at radius 2 is 1.76 bits per heavy atom. The average Bonchev–Trinajstić information content (AvgIpc) is 2.83. The highest BCUT2D eigenvalue weighted by Gasteiger charge is 2.31. The summed E-state index contributed by atoms with van der Waals surface area (Å²) in [6.45, 7) is 3.56. The molecule has 0 spiro atoms. The van der Waals surface area contributed by atoms with Crippen LogP contribution in [0, 0.1) is 5.92 Å². The van der Waals surface area contributed by atoms with Gasteiger partial charge in [-0.3, -0.25) is 29.1 Å². The molecular weight excluding hydrogens is 324 g/mol. The zero-order valence-electron chi connectivity index (χ0n) is 13.6. The lowest BCUT2D eigenvalue weighted by Gasteiger charge is -2.13. The highest BCUT2D eigenvalue weighted by Crippen LogP contribution is 2.23. The normalized spacial score (nSPS) is 12.9. The first-order chi connectivity index (χ1) is 11.8. The predicted molar refractivity (Wildman–Crippen MR) is 91.7 cm³/mol. The number of amides is 3. The van der Waals surface area contributed by atoms with Gasteiger partial charge in [0.15, 0.2) is 0 Å². The Hall–Kier alpha value is -3.42. The van der Waals surface area contributed by atoms with Gasteiger partial charge in [-0.05, 0) is 24.3 Å². The topological polar surface area (TPSA) is 123 Å². The number of hydrogen-bond acceptors (Lipinski definition) is 5. The molecular formula is C17H16N4O4. The van der Waals surface area contributed by atoms with Crippen LogP contribution in [-0.2, 0) is 4.79 Å². The second kappa shape index (κ2) is 5.90. The number of nitrogens with two attached hydrogens (primary N) is 1. The summed E-state index contributed by atoms with van der Waals surface area (Å²) in [5.74, 6) is -1.66. The van der Waals surface area contributed by atoms with E-state index in [9.17, 15) is 19.2 Å². The van der Waals surface area contributed by atoms with E-state index in [2.05, 4.69) is 10.6 Å². The zero-order valence-corrected chi connectivity index (χ0v) is 13.6. The number of nitrogens with one attached hydrogen (secondary N) is 2. The number of rotatable bonds is 3. The maximum Gasteiger partial charge on any atom is 0.262 e. The molecule has 0 unspecified atom stereocenters. The molecule has 25 heavy (non-hydrogen) atoms. The van der Waals surface area contributed by atoms with Gasteiger partial charge in [0.25, 0.3) is 17.4 Å². The molecule has 2 aromatic rings. The van der Waals surface area contributed by atoms with Gasteiger partial charge in [-0.15, -0.1) is 0 Å². The Balaban J connectivity index is 2.02. The van der Waals surface area contributed by atoms with Crippen LogP contribution < -0.4 is 21.9 Å². The summed E-state index contributed by atoms with van der Waals surface area (Å²) in [7, 11) is 0. The molecule has 8 nitrogen and oxygen atoms in total. The zero-order chi connectivity index (χ0) is 18.3. The first-order valence-corrected chi connectivity index (χ1v) is 7.62. The van der Waals surface area contributed by atoms with Crippen LogP contribution >= 0.6 is 0 Å². The predicted octanol–water partition coefficient (Wildman–Crippen LogP) is 0.898. The molecule has 2 heterocycles. The van der Waals surface area contributed by atoms with Gasteiger partial charge in [-0.2, -0.15) is 0 Å². The molecule has 0 saturated carbocycles. The fourth-order valence-corrected chi connectivity index (χ4v) is 2.53. The Morgan fingerprint density at radius 3 is 2.36 bits per heavy atom. The molecule has 0 aliphatic carbocycles. The van der Waals surface area contributed by atoms with Gasteiger partial charge in [0.05, 0.1) is 16.8 Å². The van der Waals surface area contributed by atoms with Gasteiger partial charge in [0.1, 0.15) is 5.82 Å². The molecule has 1 aliphatic rings. The quantitative estimate of drug-likeness (QED) is 0.716. The highest BCUT2D eigenvalue weighted by atomic mass is 16.2. The van der Waals surface area contributed by atoms with Crippen molar-refractivity contribution in [2.75, 3.05) is 11.1 Å². The third kappa shape index (κ3) is 2.78. The van der Waals surface area contributed by atoms with E-state index in [1.54, 1.807) is 38.1 Å². The van der Waals surface area contributed by atoms with E-state index in [0.29, 0.717) is 11.4 Å². The van der Waals surface area contributed by atoms with Gasteiger partial charge >= 0.3 is 0 Å². The van der Waals surface area contributed by atoms with Crippen LogP contribution in [-0.4, -0.2) is 22.3 Å². The van der Waals surface area contributed by atoms with Crippen LogP contribution in [0.1, 0.15) is 34.6 Å². The van der Waals surface area contributed by atoms with Gasteiger partial charge in [-0.1, -0.05) is 13.8 Å². The van der Waals surface area contributed by atoms with E-state index in [4.69, 9.17) is 5.73 Å². The number of nitrogens with zero attached hydrogens (tertiary/aromatic N) is 1. The maximum atomic E-state index is 12.3. The first-order valence-electron chi connectivity index (χ1n) is 7.62. The van der Waals surface area contributed by atoms with E-state index in [-0.39, 0.29) is 28.8 Å². The third-order valence-electron chi connectivity index (χ3n) is 3.87. The fourth-order valence-electron chi connectivity index (χ4n) is 2.53. The van der Waals surface area contributed by atoms with Crippen molar-refractivity contribution in [2.24, 2.45) is 5.92 Å². The Labute approximate surface area is 142 Å². The van der Waals surface area contributed by atoms with Crippen molar-refractivity contribution in [1.82, 2.24) is 9.88 Å². The SMILES string of the molecule is CC(C)C(=O)Nc1ccc(-n2c(N)c3c(cc2=O)C(=O)NC3=O)cc1. The van der Waals surface area contributed by atoms with Gasteiger partial charge in [0, 0.05) is 17.7 Å². The van der Waals surface area contributed by atoms with Crippen LogP contribution in [0.15, 0.2) is 35.1 Å². The van der Waals surface area contributed by atoms with Crippen molar-refractivity contribution in [2.45, 2.75) is 13.8 Å². The van der Waals surface area contributed by atoms with E-state index in [1.165, 1.54) is 0 Å². The second-order valence-corrected chi connectivity index (χ2v) is 5.97. The molecule has 0 radical (unpaired) electrons. The molecule has 0 fully saturated rings. The Bertz CT molecular complexity index is 958. The minimum absolute atomic E-state index is 0.0122. The molecule has 4 N–H and O–H groups in total. The lowest BCUT2D eigenvalue weighted by atomic mass is 10.1. The first kappa shape index (κ1) is 16.4. The summed E-state index contributed by atoms with van der Waals surface area (Å²) in [5, 5.41) is 4.85. The van der Waals surface area contributed by atoms with Crippen molar-refractivity contribution in [1.29, 1.82) is 0 Å². The number of nitrogen functional groups attached to an aromatic ring is 1. The number of carbonyl (C=O) groups excluding carboxylic acids is 3. The van der Waals surface area contributed by atoms with Crippen LogP contribution in [0.2, 0.25) is 0 Å². The molecule has 1 aromatic heterocycles. The number of pyridine rings is 1. The summed E-state index contributed by atoms with van der Waals surface area (Å²) in [6.07, 6.45) is 0. The minimum Gasteiger partial charge on any atom is -0.384 e. The number of aromatic nitrogens is 1. The minimum atomic E-state index is -0.636. The number of fused-ring (bicyclic) bond motifs is 1. The Kier molecular flexibility index (Phi) is 3.88. The highest BCUT2D eigenvalue weighted by molar-refractivity contribution is 6.23. The lowest BCUT2D eigenvalue weighted by Crippen LogP contribution is -2.24. The number of carbonyl (C=O) groups is 3. The van der Waals surface area contributed by atoms with E-state index in [1.807, 2.05) is 0 Å². The molecule has 1 aromatic carbocycles. The number of imide groups is 1. The molecule has 0 saturated heterocycles. The number of benzene rings is 1. The second-order valence-electron chi connectivity index (χ2n) is 5.97. The van der Waals surface area contributed by atoms with Crippen molar-refractivity contribution in [3.8, 4) is 5.69 Å². The van der Waals surface area contributed by atoms with Crippen molar-refractivity contribution < 1.29 is 14.4 Å². The standard InChI is InChI=1S/C17H16N4O4/c1-8(2)15(23)19-9-3-5-10(6-4-9)21-12(22)7-11-13(14(21)18)17(25)20-16(11)24/h3-8H,18H2,1-2H3,(H,19,23)(H,20,24,25). The molecule has 8 heteroatoms. The summed E-state index contributed by atoms with van der Waals surface area (Å²) in [5.41, 5.74) is 6.38. The van der Waals surface area contributed by atoms with Crippen LogP contribution in [0.5, 0.6) is 0 Å². The van der Waals surface area contributed by atoms with Crippen LogP contribution in [0.25, 0.3) is 5.69 Å². The van der Waals surface area contributed by atoms with Gasteiger partial charge in [0.2, 0.25) is 5.91 Å². The van der Waals surface area contributed by atoms with Gasteiger partial charge in [-0.25, -0.2) is 0 Å². The van der Waals surface area contributed by atoms with Crippen molar-refractivity contribution in [3.63, 3.8) is 0 Å². The largest absolute Gasteiger partial charge is 0.384 e. The van der Waals surface area contributed by atoms with E-state index in [0.717, 1.165) is 10.6 Å². The van der Waals surface area contributed by atoms with Crippen LogP contribution in [0.3, 0.4) is 0 Å². The van der Waals surface area contributed by atoms with Crippen molar-refractivity contribution in [3.05, 3.63) is 51.8 Å². The van der Waals surface area contributed by atoms with E-state index >= 15 is 0 Å². The summed E-state index contributed by atoms with van der Waals surface area (Å²) < 4.78 is 1.14. The molecule has 0 bridgehead atoms. The third-order valence-corrected chi connectivity index (χ3v) is 3.87. The Morgan fingerprint density at radius 1 is 1.12 bits per heavy atom. The monoisotopic (exact) mass is 340 g/mol. The summed E-state index contributed by atoms with van der Waals surface area (Å²) >= 11 is 0. The summed E-state index contributed by atoms with van der Waals surface area (Å²) in [6, 6.07) is 7.52. The molecule has 0 atom stereocenters. The summed E-state index contributed by atoms with van der Waals surface area (Å²) in [4.78, 5) is 47.5. The van der Waals surface area contributed by atoms with Gasteiger partial charge < -0.3 is 11.1 Å².